The van der Waals surface area contributed by atoms with Crippen molar-refractivity contribution < 1.29 is 0 Å². The van der Waals surface area contributed by atoms with E-state index in [0.717, 1.165) is 50.8 Å². The van der Waals surface area contributed by atoms with Crippen LogP contribution >= 0.6 is 0 Å². The van der Waals surface area contributed by atoms with Crippen LogP contribution in [0.25, 0.3) is 149 Å². The van der Waals surface area contributed by atoms with Crippen LogP contribution in [0.2, 0.25) is 0 Å². The summed E-state index contributed by atoms with van der Waals surface area (Å²) in [5, 5.41) is 7.51. The number of rotatable bonds is 12. The lowest BCUT2D eigenvalue weighted by Crippen LogP contribution is -2.09. The van der Waals surface area contributed by atoms with Crippen molar-refractivity contribution in [2.45, 2.75) is 0 Å². The summed E-state index contributed by atoms with van der Waals surface area (Å²) in [6.07, 6.45) is 0. The van der Waals surface area contributed by atoms with Gasteiger partial charge in [-0.25, -0.2) is 0 Å². The van der Waals surface area contributed by atoms with Gasteiger partial charge in [0.1, 0.15) is 0 Å². The first kappa shape index (κ1) is 54.4. The fourth-order valence-corrected chi connectivity index (χ4v) is 14.4. The van der Waals surface area contributed by atoms with E-state index in [-0.39, 0.29) is 0 Å². The number of hydrogen-bond donors (Lipinski definition) is 0. The average Bonchev–Trinajstić information content (AvgIpc) is 1.61. The van der Waals surface area contributed by atoms with E-state index in [4.69, 9.17) is 0 Å². The van der Waals surface area contributed by atoms with Gasteiger partial charge in [0.25, 0.3) is 0 Å². The van der Waals surface area contributed by atoms with Crippen molar-refractivity contribution in [2.75, 3.05) is 4.90 Å². The molecular weight excluding hydrogens is 1140 g/mol. The Hall–Kier alpha value is -12.5. The maximum atomic E-state index is 2.39. The molecule has 0 radical (unpaired) electrons. The fraction of sp³-hybridized carbons (Fsp3) is 0. The molecule has 0 aliphatic carbocycles. The predicted octanol–water partition coefficient (Wildman–Crippen LogP) is 24.4. The van der Waals surface area contributed by atoms with Gasteiger partial charge < -0.3 is 18.6 Å². The van der Waals surface area contributed by atoms with E-state index >= 15 is 0 Å². The van der Waals surface area contributed by atoms with Crippen molar-refractivity contribution in [1.29, 1.82) is 0 Å². The highest BCUT2D eigenvalue weighted by atomic mass is 15.1. The van der Waals surface area contributed by atoms with Gasteiger partial charge in [0.2, 0.25) is 0 Å². The van der Waals surface area contributed by atoms with Crippen LogP contribution in [0.3, 0.4) is 0 Å². The Morgan fingerprint density at radius 3 is 0.713 bits per heavy atom. The molecule has 3 aromatic heterocycles. The minimum Gasteiger partial charge on any atom is -0.311 e. The van der Waals surface area contributed by atoms with Gasteiger partial charge in [-0.3, -0.25) is 0 Å². The molecule has 0 saturated carbocycles. The lowest BCUT2D eigenvalue weighted by atomic mass is 9.98. The lowest BCUT2D eigenvalue weighted by molar-refractivity contribution is 1.18. The molecule has 18 rings (SSSR count). The Labute approximate surface area is 545 Å². The summed E-state index contributed by atoms with van der Waals surface area (Å²) in [6.45, 7) is 0. The second-order valence-electron chi connectivity index (χ2n) is 24.5. The number of para-hydroxylation sites is 6. The number of hydrogen-bond acceptors (Lipinski definition) is 1. The Bertz CT molecular complexity index is 5580. The van der Waals surface area contributed by atoms with Crippen molar-refractivity contribution in [3.63, 3.8) is 0 Å². The van der Waals surface area contributed by atoms with E-state index in [1.165, 1.54) is 115 Å². The first-order chi connectivity index (χ1) is 46.6. The summed E-state index contributed by atoms with van der Waals surface area (Å²) in [6, 6.07) is 133. The van der Waals surface area contributed by atoms with Gasteiger partial charge >= 0.3 is 0 Å². The highest BCUT2D eigenvalue weighted by Crippen LogP contribution is 2.42. The molecule has 0 fully saturated rings. The minimum atomic E-state index is 1.07. The zero-order valence-electron chi connectivity index (χ0n) is 51.4. The molecular formula is C90H60N4. The molecule has 0 N–H and O–H groups in total. The van der Waals surface area contributed by atoms with E-state index in [0.29, 0.717) is 0 Å². The summed E-state index contributed by atoms with van der Waals surface area (Å²) in [4.78, 5) is 2.37. The third-order valence-corrected chi connectivity index (χ3v) is 19.1. The van der Waals surface area contributed by atoms with Crippen LogP contribution in [0, 0.1) is 0 Å². The first-order valence-corrected chi connectivity index (χ1v) is 32.3. The predicted molar refractivity (Wildman–Crippen MR) is 397 cm³/mol. The molecule has 0 aliphatic heterocycles. The molecule has 0 saturated heterocycles. The van der Waals surface area contributed by atoms with E-state index in [2.05, 4.69) is 383 Å². The Morgan fingerprint density at radius 1 is 0.149 bits per heavy atom. The quantitative estimate of drug-likeness (QED) is 0.119. The Morgan fingerprint density at radius 2 is 0.372 bits per heavy atom. The van der Waals surface area contributed by atoms with E-state index < -0.39 is 0 Å². The van der Waals surface area contributed by atoms with Crippen molar-refractivity contribution in [2.24, 2.45) is 0 Å². The standard InChI is InChI=1S/C90H60N4/c1-4-16-73(17-5-1)92-86-26-14-11-23-80(86)83-58-70(47-56-88(83)92)67-34-28-61(29-35-67)64-40-49-76(50-41-64)91(77-51-42-65(43-52-77)62-30-36-68(37-31-62)71-48-57-89-84(59-71)81-24-12-15-27-87(81)93(89)74-18-6-2-7-19-74)78-53-44-66(45-54-78)63-32-38-69(39-33-63)72-46-55-82-79-22-10-13-25-85(79)94(90(82)60-72)75-20-8-3-9-21-75/h1-60H. The van der Waals surface area contributed by atoms with Gasteiger partial charge in [0, 0.05) is 66.4 Å². The molecule has 4 nitrogen and oxygen atoms in total. The van der Waals surface area contributed by atoms with Crippen LogP contribution in [0.5, 0.6) is 0 Å². The molecule has 4 heteroatoms. The molecule has 0 spiro atoms. The van der Waals surface area contributed by atoms with Gasteiger partial charge in [-0.05, 0) is 188 Å². The van der Waals surface area contributed by atoms with E-state index in [1.54, 1.807) is 0 Å². The summed E-state index contributed by atoms with van der Waals surface area (Å²) in [5.74, 6) is 0. The van der Waals surface area contributed by atoms with Gasteiger partial charge in [0.15, 0.2) is 0 Å². The maximum Gasteiger partial charge on any atom is 0.0547 e. The second kappa shape index (κ2) is 22.8. The summed E-state index contributed by atoms with van der Waals surface area (Å²) < 4.78 is 7.13. The molecule has 440 valence electrons. The highest BCUT2D eigenvalue weighted by Gasteiger charge is 2.19. The summed E-state index contributed by atoms with van der Waals surface area (Å²) >= 11 is 0. The highest BCUT2D eigenvalue weighted by molar-refractivity contribution is 6.13. The van der Waals surface area contributed by atoms with Crippen molar-refractivity contribution in [3.05, 3.63) is 364 Å². The largest absolute Gasteiger partial charge is 0.311 e. The summed E-state index contributed by atoms with van der Waals surface area (Å²) in [5.41, 5.74) is 28.1. The van der Waals surface area contributed by atoms with Crippen LogP contribution in [0.1, 0.15) is 0 Å². The molecule has 18 aromatic rings. The van der Waals surface area contributed by atoms with Crippen LogP contribution in [0.4, 0.5) is 17.1 Å². The van der Waals surface area contributed by atoms with E-state index in [1.807, 2.05) is 0 Å². The minimum absolute atomic E-state index is 1.07. The van der Waals surface area contributed by atoms with Gasteiger partial charge in [-0.1, -0.05) is 243 Å². The molecule has 15 aromatic carbocycles. The maximum absolute atomic E-state index is 2.39. The number of aromatic nitrogens is 3. The first-order valence-electron chi connectivity index (χ1n) is 32.3. The normalized spacial score (nSPS) is 11.6. The third kappa shape index (κ3) is 9.47. The molecule has 94 heavy (non-hydrogen) atoms. The van der Waals surface area contributed by atoms with Gasteiger partial charge in [-0.15, -0.1) is 0 Å². The van der Waals surface area contributed by atoms with Crippen molar-refractivity contribution in [1.82, 2.24) is 13.7 Å². The van der Waals surface area contributed by atoms with Crippen LogP contribution in [-0.2, 0) is 0 Å². The van der Waals surface area contributed by atoms with Crippen molar-refractivity contribution >= 4 is 82.5 Å². The summed E-state index contributed by atoms with van der Waals surface area (Å²) in [7, 11) is 0. The molecule has 3 heterocycles. The smallest absolute Gasteiger partial charge is 0.0547 e. The third-order valence-electron chi connectivity index (χ3n) is 19.1. The Kier molecular flexibility index (Phi) is 13.2. The topological polar surface area (TPSA) is 18.0 Å². The average molecular weight is 1200 g/mol. The number of fused-ring (bicyclic) bond motifs is 9. The number of anilines is 3. The van der Waals surface area contributed by atoms with Crippen molar-refractivity contribution in [3.8, 4) is 83.8 Å². The van der Waals surface area contributed by atoms with E-state index in [9.17, 15) is 0 Å². The molecule has 0 atom stereocenters. The lowest BCUT2D eigenvalue weighted by Gasteiger charge is -2.26. The van der Waals surface area contributed by atoms with Crippen LogP contribution in [0.15, 0.2) is 364 Å². The number of nitrogens with zero attached hydrogens (tertiary/aromatic N) is 4. The second-order valence-corrected chi connectivity index (χ2v) is 24.5. The Balaban J connectivity index is 0.648. The molecule has 0 unspecified atom stereocenters. The van der Waals surface area contributed by atoms with Crippen LogP contribution in [-0.4, -0.2) is 13.7 Å². The molecule has 0 aliphatic rings. The zero-order chi connectivity index (χ0) is 62.1. The van der Waals surface area contributed by atoms with Gasteiger partial charge in [-0.2, -0.15) is 0 Å². The SMILES string of the molecule is c1ccc(-n2c3ccccc3c3cc(-c4ccc(-c5ccc(N(c6ccc(-c7ccc(-c8ccc9c(c8)c8ccccc8n9-c8ccccc8)cc7)cc6)c6ccc(-c7ccc(-c8ccc9c%10ccccc%10n(-c%10ccccc%10)c9c8)cc7)cc6)cc5)cc4)ccc32)cc1. The monoisotopic (exact) mass is 1200 g/mol. The van der Waals surface area contributed by atoms with Gasteiger partial charge in [0.05, 0.1) is 33.1 Å². The van der Waals surface area contributed by atoms with Crippen LogP contribution < -0.4 is 4.90 Å². The zero-order valence-corrected chi connectivity index (χ0v) is 51.4. The molecule has 0 amide bonds. The molecule has 0 bridgehead atoms. The number of benzene rings is 15. The fourth-order valence-electron chi connectivity index (χ4n) is 14.4.